The van der Waals surface area contributed by atoms with E-state index in [9.17, 15) is 0 Å². The minimum Gasteiger partial charge on any atom is -0.328 e. The Morgan fingerprint density at radius 3 is 3.00 bits per heavy atom. The van der Waals surface area contributed by atoms with Crippen molar-refractivity contribution in [2.75, 3.05) is 0 Å². The van der Waals surface area contributed by atoms with E-state index in [0.29, 0.717) is 6.04 Å². The van der Waals surface area contributed by atoms with Gasteiger partial charge in [-0.25, -0.2) is 4.68 Å². The molecule has 1 saturated carbocycles. The van der Waals surface area contributed by atoms with Crippen LogP contribution < -0.4 is 5.73 Å². The van der Waals surface area contributed by atoms with Gasteiger partial charge in [-0.05, 0) is 43.9 Å². The Hall–Kier alpha value is -1.42. The van der Waals surface area contributed by atoms with Crippen molar-refractivity contribution in [3.63, 3.8) is 0 Å². The summed E-state index contributed by atoms with van der Waals surface area (Å²) in [5.74, 6) is 0. The highest BCUT2D eigenvalue weighted by atomic mass is 15.4. The largest absolute Gasteiger partial charge is 0.328 e. The third-order valence-corrected chi connectivity index (χ3v) is 2.99. The molecular weight excluding hydrogens is 200 g/mol. The van der Waals surface area contributed by atoms with Gasteiger partial charge in [0.1, 0.15) is 5.52 Å². The molecular formula is C12H16N4. The van der Waals surface area contributed by atoms with Gasteiger partial charge in [-0.2, -0.15) is 0 Å². The van der Waals surface area contributed by atoms with Crippen LogP contribution in [0.4, 0.5) is 0 Å². The second kappa shape index (κ2) is 3.56. The van der Waals surface area contributed by atoms with Crippen LogP contribution in [0, 0.1) is 0 Å². The van der Waals surface area contributed by atoms with E-state index in [0.717, 1.165) is 17.5 Å². The molecule has 4 nitrogen and oxygen atoms in total. The topological polar surface area (TPSA) is 56.7 Å². The van der Waals surface area contributed by atoms with Crippen molar-refractivity contribution >= 4 is 11.0 Å². The van der Waals surface area contributed by atoms with Crippen LogP contribution in [0.15, 0.2) is 18.2 Å². The van der Waals surface area contributed by atoms with Crippen molar-refractivity contribution in [2.24, 2.45) is 5.73 Å². The van der Waals surface area contributed by atoms with Gasteiger partial charge in [0.25, 0.3) is 0 Å². The van der Waals surface area contributed by atoms with Gasteiger partial charge in [0, 0.05) is 6.04 Å². The van der Waals surface area contributed by atoms with E-state index in [1.165, 1.54) is 18.4 Å². The Balaban J connectivity index is 2.03. The molecule has 1 aliphatic carbocycles. The number of nitrogens with two attached hydrogens (primary N) is 1. The van der Waals surface area contributed by atoms with Crippen molar-refractivity contribution in [2.45, 2.75) is 38.3 Å². The van der Waals surface area contributed by atoms with Gasteiger partial charge < -0.3 is 5.73 Å². The van der Waals surface area contributed by atoms with Gasteiger partial charge in [-0.15, -0.1) is 5.10 Å². The predicted octanol–water partition coefficient (Wildman–Crippen LogP) is 1.66. The number of nitrogens with zero attached hydrogens (tertiary/aromatic N) is 3. The smallest absolute Gasteiger partial charge is 0.113 e. The average molecular weight is 216 g/mol. The van der Waals surface area contributed by atoms with Crippen LogP contribution in [0.25, 0.3) is 11.0 Å². The van der Waals surface area contributed by atoms with Crippen LogP contribution in [-0.4, -0.2) is 21.0 Å². The van der Waals surface area contributed by atoms with Crippen molar-refractivity contribution in [3.05, 3.63) is 23.8 Å². The Morgan fingerprint density at radius 1 is 1.50 bits per heavy atom. The first-order chi connectivity index (χ1) is 7.74. The fourth-order valence-corrected chi connectivity index (χ4v) is 2.07. The molecule has 1 fully saturated rings. The quantitative estimate of drug-likeness (QED) is 0.848. The first-order valence-corrected chi connectivity index (χ1v) is 5.83. The highest BCUT2D eigenvalue weighted by Crippen LogP contribution is 2.36. The Morgan fingerprint density at radius 2 is 2.31 bits per heavy atom. The van der Waals surface area contributed by atoms with Gasteiger partial charge in [0.05, 0.1) is 11.6 Å². The van der Waals surface area contributed by atoms with Crippen molar-refractivity contribution < 1.29 is 0 Å². The molecule has 1 aromatic carbocycles. The lowest BCUT2D eigenvalue weighted by Crippen LogP contribution is -2.17. The molecule has 2 aromatic rings. The molecule has 1 atom stereocenters. The second-order valence-corrected chi connectivity index (χ2v) is 4.77. The fourth-order valence-electron chi connectivity index (χ4n) is 2.07. The Labute approximate surface area is 94.4 Å². The summed E-state index contributed by atoms with van der Waals surface area (Å²) in [4.78, 5) is 0. The van der Waals surface area contributed by atoms with E-state index < -0.39 is 0 Å². The molecule has 16 heavy (non-hydrogen) atoms. The van der Waals surface area contributed by atoms with Gasteiger partial charge in [-0.3, -0.25) is 0 Å². The first-order valence-electron chi connectivity index (χ1n) is 5.83. The monoisotopic (exact) mass is 216 g/mol. The lowest BCUT2D eigenvalue weighted by atomic mass is 10.1. The molecule has 1 aromatic heterocycles. The summed E-state index contributed by atoms with van der Waals surface area (Å²) < 4.78 is 2.06. The maximum absolute atomic E-state index is 5.82. The van der Waals surface area contributed by atoms with Crippen molar-refractivity contribution in [1.29, 1.82) is 0 Å². The summed E-state index contributed by atoms with van der Waals surface area (Å²) in [6.45, 7) is 2.03. The third kappa shape index (κ3) is 1.69. The lowest BCUT2D eigenvalue weighted by molar-refractivity contribution is 0.629. The standard InChI is InChI=1S/C12H16N4/c1-8(13)6-9-2-5-11-12(7-9)16(15-14-11)10-3-4-10/h2,5,7-8,10H,3-4,6,13H2,1H3. The van der Waals surface area contributed by atoms with Crippen LogP contribution in [0.3, 0.4) is 0 Å². The maximum atomic E-state index is 5.82. The van der Waals surface area contributed by atoms with Crippen molar-refractivity contribution in [3.8, 4) is 0 Å². The van der Waals surface area contributed by atoms with Gasteiger partial charge >= 0.3 is 0 Å². The van der Waals surface area contributed by atoms with Crippen LogP contribution in [-0.2, 0) is 6.42 Å². The zero-order valence-electron chi connectivity index (χ0n) is 9.43. The summed E-state index contributed by atoms with van der Waals surface area (Å²) >= 11 is 0. The van der Waals surface area contributed by atoms with Gasteiger partial charge in [0.2, 0.25) is 0 Å². The molecule has 0 radical (unpaired) electrons. The molecule has 0 amide bonds. The van der Waals surface area contributed by atoms with Crippen LogP contribution in [0.1, 0.15) is 31.4 Å². The zero-order valence-corrected chi connectivity index (χ0v) is 9.43. The average Bonchev–Trinajstić information content (AvgIpc) is 2.98. The predicted molar refractivity (Wildman–Crippen MR) is 63.2 cm³/mol. The normalized spacial score (nSPS) is 17.9. The summed E-state index contributed by atoms with van der Waals surface area (Å²) in [6.07, 6.45) is 3.37. The van der Waals surface area contributed by atoms with E-state index >= 15 is 0 Å². The lowest BCUT2D eigenvalue weighted by Gasteiger charge is -2.05. The number of rotatable bonds is 3. The molecule has 1 unspecified atom stereocenters. The van der Waals surface area contributed by atoms with E-state index in [1.54, 1.807) is 0 Å². The molecule has 1 heterocycles. The summed E-state index contributed by atoms with van der Waals surface area (Å²) in [5.41, 5.74) is 9.23. The second-order valence-electron chi connectivity index (χ2n) is 4.77. The fraction of sp³-hybridized carbons (Fsp3) is 0.500. The summed E-state index contributed by atoms with van der Waals surface area (Å²) in [7, 11) is 0. The Kier molecular flexibility index (Phi) is 2.17. The van der Waals surface area contributed by atoms with Gasteiger partial charge in [0.15, 0.2) is 0 Å². The zero-order chi connectivity index (χ0) is 11.1. The molecule has 3 rings (SSSR count). The van der Waals surface area contributed by atoms with E-state index in [4.69, 9.17) is 5.73 Å². The van der Waals surface area contributed by atoms with Crippen LogP contribution >= 0.6 is 0 Å². The molecule has 0 aliphatic heterocycles. The maximum Gasteiger partial charge on any atom is 0.113 e. The minimum absolute atomic E-state index is 0.197. The molecule has 1 aliphatic rings. The SMILES string of the molecule is CC(N)Cc1ccc2nnn(C3CC3)c2c1. The summed E-state index contributed by atoms with van der Waals surface area (Å²) in [5, 5.41) is 8.39. The molecule has 2 N–H and O–H groups in total. The molecule has 0 saturated heterocycles. The highest BCUT2D eigenvalue weighted by molar-refractivity contribution is 5.75. The van der Waals surface area contributed by atoms with Crippen LogP contribution in [0.5, 0.6) is 0 Å². The molecule has 84 valence electrons. The molecule has 0 spiro atoms. The van der Waals surface area contributed by atoms with Crippen LogP contribution in [0.2, 0.25) is 0 Å². The Bertz CT molecular complexity index is 511. The number of hydrogen-bond acceptors (Lipinski definition) is 3. The van der Waals surface area contributed by atoms with E-state index in [1.807, 2.05) is 13.0 Å². The van der Waals surface area contributed by atoms with Crippen molar-refractivity contribution in [1.82, 2.24) is 15.0 Å². The van der Waals surface area contributed by atoms with E-state index in [2.05, 4.69) is 27.1 Å². The molecule has 4 heteroatoms. The number of fused-ring (bicyclic) bond motifs is 1. The molecule has 0 bridgehead atoms. The minimum atomic E-state index is 0.197. The number of hydrogen-bond donors (Lipinski definition) is 1. The van der Waals surface area contributed by atoms with E-state index in [-0.39, 0.29) is 6.04 Å². The third-order valence-electron chi connectivity index (χ3n) is 2.99. The first kappa shape index (κ1) is 9.78. The van der Waals surface area contributed by atoms with Gasteiger partial charge in [-0.1, -0.05) is 11.3 Å². The summed E-state index contributed by atoms with van der Waals surface area (Å²) in [6, 6.07) is 7.09. The highest BCUT2D eigenvalue weighted by Gasteiger charge is 2.26. The number of aromatic nitrogens is 3. The number of benzene rings is 1.